The standard InChI is InChI=1S/C9H11N5O2/c1-4-7(10)8(14-13-4)12-9(15)6-3-11-16-5(6)2/h3H,10H2,1-2H3,(H2,12,13,14,15). The van der Waals surface area contributed by atoms with Gasteiger partial charge in [-0.3, -0.25) is 9.89 Å². The van der Waals surface area contributed by atoms with Crippen LogP contribution in [0.3, 0.4) is 0 Å². The van der Waals surface area contributed by atoms with Gasteiger partial charge in [0.25, 0.3) is 5.91 Å². The third-order valence-corrected chi connectivity index (χ3v) is 2.22. The Hall–Kier alpha value is -2.31. The van der Waals surface area contributed by atoms with Crippen LogP contribution in [0.2, 0.25) is 0 Å². The van der Waals surface area contributed by atoms with Gasteiger partial charge >= 0.3 is 0 Å². The molecule has 84 valence electrons. The second-order valence-electron chi connectivity index (χ2n) is 3.36. The highest BCUT2D eigenvalue weighted by molar-refractivity contribution is 6.05. The summed E-state index contributed by atoms with van der Waals surface area (Å²) in [5.74, 6) is 0.406. The van der Waals surface area contributed by atoms with E-state index < -0.39 is 0 Å². The van der Waals surface area contributed by atoms with Gasteiger partial charge in [0.2, 0.25) is 0 Å². The summed E-state index contributed by atoms with van der Waals surface area (Å²) in [5, 5.41) is 12.6. The number of nitrogens with zero attached hydrogens (tertiary/aromatic N) is 2. The zero-order valence-electron chi connectivity index (χ0n) is 8.87. The maximum absolute atomic E-state index is 11.7. The molecule has 2 aromatic heterocycles. The normalized spacial score (nSPS) is 10.4. The second-order valence-corrected chi connectivity index (χ2v) is 3.36. The molecule has 0 atom stereocenters. The molecule has 2 heterocycles. The summed E-state index contributed by atoms with van der Waals surface area (Å²) in [4.78, 5) is 11.7. The highest BCUT2D eigenvalue weighted by atomic mass is 16.5. The van der Waals surface area contributed by atoms with Gasteiger partial charge < -0.3 is 15.6 Å². The van der Waals surface area contributed by atoms with Crippen LogP contribution in [-0.2, 0) is 0 Å². The Balaban J connectivity index is 2.20. The molecule has 0 bridgehead atoms. The van der Waals surface area contributed by atoms with Crippen LogP contribution in [0.4, 0.5) is 11.5 Å². The van der Waals surface area contributed by atoms with E-state index in [1.807, 2.05) is 0 Å². The zero-order valence-corrected chi connectivity index (χ0v) is 8.87. The van der Waals surface area contributed by atoms with Crippen LogP contribution in [0, 0.1) is 13.8 Å². The second kappa shape index (κ2) is 3.69. The van der Waals surface area contributed by atoms with Crippen molar-refractivity contribution >= 4 is 17.4 Å². The van der Waals surface area contributed by atoms with Crippen molar-refractivity contribution in [1.29, 1.82) is 0 Å². The smallest absolute Gasteiger partial charge is 0.262 e. The van der Waals surface area contributed by atoms with Gasteiger partial charge in [-0.05, 0) is 13.8 Å². The molecule has 0 fully saturated rings. The van der Waals surface area contributed by atoms with E-state index in [1.54, 1.807) is 13.8 Å². The number of nitrogens with one attached hydrogen (secondary N) is 2. The number of H-pyrrole nitrogens is 1. The lowest BCUT2D eigenvalue weighted by Gasteiger charge is -2.00. The highest BCUT2D eigenvalue weighted by Gasteiger charge is 2.16. The number of aromatic amines is 1. The van der Waals surface area contributed by atoms with Gasteiger partial charge in [0, 0.05) is 0 Å². The average Bonchev–Trinajstić information content (AvgIpc) is 2.79. The fourth-order valence-corrected chi connectivity index (χ4v) is 1.22. The lowest BCUT2D eigenvalue weighted by molar-refractivity contribution is 0.102. The van der Waals surface area contributed by atoms with Gasteiger partial charge in [0.15, 0.2) is 5.82 Å². The van der Waals surface area contributed by atoms with E-state index in [0.29, 0.717) is 28.5 Å². The monoisotopic (exact) mass is 221 g/mol. The first-order valence-corrected chi connectivity index (χ1v) is 4.62. The molecule has 0 aliphatic heterocycles. The van der Waals surface area contributed by atoms with Gasteiger partial charge in [-0.2, -0.15) is 5.10 Å². The molecular weight excluding hydrogens is 210 g/mol. The lowest BCUT2D eigenvalue weighted by Crippen LogP contribution is -2.13. The van der Waals surface area contributed by atoms with Crippen molar-refractivity contribution < 1.29 is 9.32 Å². The summed E-state index contributed by atoms with van der Waals surface area (Å²) < 4.78 is 4.79. The Bertz CT molecular complexity index is 528. The summed E-state index contributed by atoms with van der Waals surface area (Å²) in [6.07, 6.45) is 1.35. The number of nitrogens with two attached hydrogens (primary N) is 1. The number of hydrogen-bond acceptors (Lipinski definition) is 5. The number of carbonyl (C=O) groups is 1. The Morgan fingerprint density at radius 1 is 1.56 bits per heavy atom. The Morgan fingerprint density at radius 2 is 2.31 bits per heavy atom. The number of carbonyl (C=O) groups excluding carboxylic acids is 1. The molecular formula is C9H11N5O2. The van der Waals surface area contributed by atoms with Crippen LogP contribution in [-0.4, -0.2) is 21.3 Å². The number of amides is 1. The van der Waals surface area contributed by atoms with Crippen LogP contribution in [0.5, 0.6) is 0 Å². The number of nitrogen functional groups attached to an aromatic ring is 1. The molecule has 0 spiro atoms. The van der Waals surface area contributed by atoms with Crippen LogP contribution in [0.15, 0.2) is 10.7 Å². The zero-order chi connectivity index (χ0) is 11.7. The summed E-state index contributed by atoms with van der Waals surface area (Å²) in [6.45, 7) is 3.42. The molecule has 2 rings (SSSR count). The van der Waals surface area contributed by atoms with Crippen molar-refractivity contribution in [2.45, 2.75) is 13.8 Å². The number of aromatic nitrogens is 3. The molecule has 0 aliphatic carbocycles. The number of rotatable bonds is 2. The number of anilines is 2. The van der Waals surface area contributed by atoms with Crippen molar-refractivity contribution in [2.24, 2.45) is 0 Å². The molecule has 0 radical (unpaired) electrons. The molecule has 0 saturated heterocycles. The molecule has 2 aromatic rings. The predicted molar refractivity (Wildman–Crippen MR) is 56.9 cm³/mol. The van der Waals surface area contributed by atoms with Crippen molar-refractivity contribution in [1.82, 2.24) is 15.4 Å². The molecule has 0 unspecified atom stereocenters. The minimum Gasteiger partial charge on any atom is -0.394 e. The van der Waals surface area contributed by atoms with Gasteiger partial charge in [0.1, 0.15) is 11.3 Å². The lowest BCUT2D eigenvalue weighted by atomic mass is 10.2. The SMILES string of the molecule is Cc1[nH]nc(NC(=O)c2cnoc2C)c1N. The highest BCUT2D eigenvalue weighted by Crippen LogP contribution is 2.19. The maximum atomic E-state index is 11.7. The Labute approximate surface area is 91.0 Å². The van der Waals surface area contributed by atoms with E-state index >= 15 is 0 Å². The molecule has 1 amide bonds. The topological polar surface area (TPSA) is 110 Å². The third kappa shape index (κ3) is 1.62. The fourth-order valence-electron chi connectivity index (χ4n) is 1.22. The van der Waals surface area contributed by atoms with Crippen molar-refractivity contribution in [3.05, 3.63) is 23.2 Å². The molecule has 16 heavy (non-hydrogen) atoms. The molecule has 0 aliphatic rings. The molecule has 7 nitrogen and oxygen atoms in total. The van der Waals surface area contributed by atoms with Crippen LogP contribution in [0.25, 0.3) is 0 Å². The number of hydrogen-bond donors (Lipinski definition) is 3. The van der Waals surface area contributed by atoms with Crippen molar-refractivity contribution in [3.8, 4) is 0 Å². The quantitative estimate of drug-likeness (QED) is 0.696. The summed E-state index contributed by atoms with van der Waals surface area (Å²) in [7, 11) is 0. The van der Waals surface area contributed by atoms with E-state index in [-0.39, 0.29) is 5.91 Å². The van der Waals surface area contributed by atoms with E-state index in [0.717, 1.165) is 0 Å². The van der Waals surface area contributed by atoms with E-state index in [4.69, 9.17) is 10.3 Å². The minimum atomic E-state index is -0.350. The molecule has 0 saturated carbocycles. The summed E-state index contributed by atoms with van der Waals surface area (Å²) >= 11 is 0. The molecule has 0 aromatic carbocycles. The first kappa shape index (κ1) is 10.2. The average molecular weight is 221 g/mol. The van der Waals surface area contributed by atoms with Crippen molar-refractivity contribution in [3.63, 3.8) is 0 Å². The Kier molecular flexibility index (Phi) is 2.35. The van der Waals surface area contributed by atoms with E-state index in [9.17, 15) is 4.79 Å². The van der Waals surface area contributed by atoms with E-state index in [1.165, 1.54) is 6.20 Å². The fraction of sp³-hybridized carbons (Fsp3) is 0.222. The number of aryl methyl sites for hydroxylation is 2. The summed E-state index contributed by atoms with van der Waals surface area (Å²) in [6, 6.07) is 0. The van der Waals surface area contributed by atoms with Crippen LogP contribution >= 0.6 is 0 Å². The minimum absolute atomic E-state index is 0.308. The van der Waals surface area contributed by atoms with Gasteiger partial charge in [-0.1, -0.05) is 5.16 Å². The third-order valence-electron chi connectivity index (χ3n) is 2.22. The first-order chi connectivity index (χ1) is 7.59. The molecule has 7 heteroatoms. The van der Waals surface area contributed by atoms with Gasteiger partial charge in [-0.25, -0.2) is 0 Å². The first-order valence-electron chi connectivity index (χ1n) is 4.62. The predicted octanol–water partition coefficient (Wildman–Crippen LogP) is 0.849. The van der Waals surface area contributed by atoms with E-state index in [2.05, 4.69) is 20.7 Å². The van der Waals surface area contributed by atoms with Gasteiger partial charge in [0.05, 0.1) is 17.6 Å². The van der Waals surface area contributed by atoms with Crippen molar-refractivity contribution in [2.75, 3.05) is 11.1 Å². The maximum Gasteiger partial charge on any atom is 0.262 e. The molecule has 4 N–H and O–H groups in total. The van der Waals surface area contributed by atoms with Gasteiger partial charge in [-0.15, -0.1) is 0 Å². The van der Waals surface area contributed by atoms with Crippen LogP contribution < -0.4 is 11.1 Å². The Morgan fingerprint density at radius 3 is 2.81 bits per heavy atom. The van der Waals surface area contributed by atoms with Crippen LogP contribution in [0.1, 0.15) is 21.8 Å². The largest absolute Gasteiger partial charge is 0.394 e. The summed E-state index contributed by atoms with van der Waals surface area (Å²) in [5.41, 5.74) is 7.18.